The van der Waals surface area contributed by atoms with E-state index in [9.17, 15) is 0 Å². The van der Waals surface area contributed by atoms with Gasteiger partial charge < -0.3 is 4.42 Å². The van der Waals surface area contributed by atoms with Gasteiger partial charge in [-0.15, -0.1) is 0 Å². The molecule has 4 rings (SSSR count). The molecule has 0 aliphatic rings. The van der Waals surface area contributed by atoms with Crippen LogP contribution in [0.1, 0.15) is 0 Å². The van der Waals surface area contributed by atoms with Gasteiger partial charge in [-0.1, -0.05) is 24.3 Å². The third kappa shape index (κ3) is 1.70. The summed E-state index contributed by atoms with van der Waals surface area (Å²) < 4.78 is 7.72. The normalized spacial score (nSPS) is 11.0. The van der Waals surface area contributed by atoms with Gasteiger partial charge in [0.1, 0.15) is 11.2 Å². The van der Waals surface area contributed by atoms with Gasteiger partial charge >= 0.3 is 0 Å². The molecule has 0 unspecified atom stereocenters. The fourth-order valence-corrected chi connectivity index (χ4v) is 2.23. The zero-order chi connectivity index (χ0) is 13.4. The highest BCUT2D eigenvalue weighted by Crippen LogP contribution is 2.27. The molecule has 0 aliphatic heterocycles. The second kappa shape index (κ2) is 4.35. The van der Waals surface area contributed by atoms with Gasteiger partial charge in [0.2, 0.25) is 5.89 Å². The van der Waals surface area contributed by atoms with Gasteiger partial charge in [0.05, 0.1) is 0 Å². The van der Waals surface area contributed by atoms with Crippen LogP contribution in [0.5, 0.6) is 0 Å². The summed E-state index contributed by atoms with van der Waals surface area (Å²) in [5.74, 6) is 0.625. The minimum atomic E-state index is 0.625. The van der Waals surface area contributed by atoms with E-state index in [1.165, 1.54) is 0 Å². The SMILES string of the molecule is c1ccc(-c2nc3cccc(-n4cccn4)c3o2)cc1. The van der Waals surface area contributed by atoms with Crippen LogP contribution < -0.4 is 0 Å². The van der Waals surface area contributed by atoms with E-state index in [1.54, 1.807) is 10.9 Å². The summed E-state index contributed by atoms with van der Waals surface area (Å²) in [7, 11) is 0. The Morgan fingerprint density at radius 1 is 0.900 bits per heavy atom. The van der Waals surface area contributed by atoms with Crippen molar-refractivity contribution in [3.05, 3.63) is 67.0 Å². The maximum atomic E-state index is 5.94. The molecule has 4 heteroatoms. The van der Waals surface area contributed by atoms with E-state index in [0.717, 1.165) is 22.4 Å². The molecule has 4 aromatic rings. The van der Waals surface area contributed by atoms with Crippen LogP contribution in [0.4, 0.5) is 0 Å². The van der Waals surface area contributed by atoms with Crippen LogP contribution in [0.3, 0.4) is 0 Å². The van der Waals surface area contributed by atoms with Crippen molar-refractivity contribution < 1.29 is 4.42 Å². The first-order chi connectivity index (χ1) is 9.92. The molecule has 2 heterocycles. The number of aromatic nitrogens is 3. The summed E-state index contributed by atoms with van der Waals surface area (Å²) in [4.78, 5) is 4.55. The first-order valence-electron chi connectivity index (χ1n) is 6.37. The van der Waals surface area contributed by atoms with E-state index in [4.69, 9.17) is 4.42 Å². The molecule has 0 fully saturated rings. The summed E-state index contributed by atoms with van der Waals surface area (Å²) >= 11 is 0. The molecule has 0 spiro atoms. The third-order valence-electron chi connectivity index (χ3n) is 3.17. The molecule has 0 saturated heterocycles. The lowest BCUT2D eigenvalue weighted by Crippen LogP contribution is -1.93. The topological polar surface area (TPSA) is 43.9 Å². The number of para-hydroxylation sites is 1. The van der Waals surface area contributed by atoms with Gasteiger partial charge in [-0.25, -0.2) is 9.67 Å². The van der Waals surface area contributed by atoms with Gasteiger partial charge in [-0.05, 0) is 30.3 Å². The van der Waals surface area contributed by atoms with Gasteiger partial charge in [0.25, 0.3) is 0 Å². The zero-order valence-electron chi connectivity index (χ0n) is 10.6. The maximum Gasteiger partial charge on any atom is 0.227 e. The first kappa shape index (κ1) is 11.0. The van der Waals surface area contributed by atoms with Gasteiger partial charge in [-0.3, -0.25) is 0 Å². The zero-order valence-corrected chi connectivity index (χ0v) is 10.6. The van der Waals surface area contributed by atoms with E-state index in [-0.39, 0.29) is 0 Å². The van der Waals surface area contributed by atoms with E-state index in [2.05, 4.69) is 10.1 Å². The number of fused-ring (bicyclic) bond motifs is 1. The number of oxazole rings is 1. The summed E-state index contributed by atoms with van der Waals surface area (Å²) in [6, 6.07) is 17.6. The van der Waals surface area contributed by atoms with Crippen LogP contribution >= 0.6 is 0 Å². The predicted octanol–water partition coefficient (Wildman–Crippen LogP) is 3.68. The minimum Gasteiger partial charge on any atom is -0.434 e. The second-order valence-corrected chi connectivity index (χ2v) is 4.46. The van der Waals surface area contributed by atoms with Gasteiger partial charge in [0.15, 0.2) is 5.58 Å². The largest absolute Gasteiger partial charge is 0.434 e. The highest BCUT2D eigenvalue weighted by Gasteiger charge is 2.12. The minimum absolute atomic E-state index is 0.625. The molecule has 0 atom stereocenters. The average molecular weight is 261 g/mol. The Hall–Kier alpha value is -2.88. The van der Waals surface area contributed by atoms with Gasteiger partial charge in [-0.2, -0.15) is 5.10 Å². The Bertz CT molecular complexity index is 848. The number of hydrogen-bond donors (Lipinski definition) is 0. The van der Waals surface area contributed by atoms with Crippen molar-refractivity contribution in [3.8, 4) is 17.1 Å². The highest BCUT2D eigenvalue weighted by atomic mass is 16.3. The predicted molar refractivity (Wildman–Crippen MR) is 76.6 cm³/mol. The molecule has 0 aliphatic carbocycles. The van der Waals surface area contributed by atoms with E-state index in [1.807, 2.05) is 60.8 Å². The Morgan fingerprint density at radius 3 is 2.60 bits per heavy atom. The standard InChI is InChI=1S/C16H11N3O/c1-2-6-12(7-3-1)16-18-13-8-4-9-14(15(13)20-16)19-11-5-10-17-19/h1-11H. The average Bonchev–Trinajstić information content (AvgIpc) is 3.17. The molecule has 2 aromatic carbocycles. The Balaban J connectivity index is 1.94. The Morgan fingerprint density at radius 2 is 1.80 bits per heavy atom. The number of nitrogens with zero attached hydrogens (tertiary/aromatic N) is 3. The number of benzene rings is 2. The Kier molecular flexibility index (Phi) is 2.39. The monoisotopic (exact) mass is 261 g/mol. The molecule has 2 aromatic heterocycles. The van der Waals surface area contributed by atoms with Crippen molar-refractivity contribution in [2.75, 3.05) is 0 Å². The number of hydrogen-bond acceptors (Lipinski definition) is 3. The molecule has 0 radical (unpaired) electrons. The quantitative estimate of drug-likeness (QED) is 0.553. The molecular formula is C16H11N3O. The van der Waals surface area contributed by atoms with Gasteiger partial charge in [0, 0.05) is 18.0 Å². The summed E-state index contributed by atoms with van der Waals surface area (Å²) in [6.07, 6.45) is 3.63. The molecule has 4 nitrogen and oxygen atoms in total. The molecule has 0 N–H and O–H groups in total. The van der Waals surface area contributed by atoms with Crippen molar-refractivity contribution in [1.29, 1.82) is 0 Å². The van der Waals surface area contributed by atoms with E-state index < -0.39 is 0 Å². The van der Waals surface area contributed by atoms with Crippen molar-refractivity contribution >= 4 is 11.1 Å². The summed E-state index contributed by atoms with van der Waals surface area (Å²) in [5.41, 5.74) is 3.43. The summed E-state index contributed by atoms with van der Waals surface area (Å²) in [6.45, 7) is 0. The van der Waals surface area contributed by atoms with Crippen molar-refractivity contribution in [1.82, 2.24) is 14.8 Å². The molecular weight excluding hydrogens is 250 g/mol. The fourth-order valence-electron chi connectivity index (χ4n) is 2.23. The lowest BCUT2D eigenvalue weighted by molar-refractivity contribution is 0.615. The molecule has 0 saturated carbocycles. The first-order valence-corrected chi connectivity index (χ1v) is 6.37. The fraction of sp³-hybridized carbons (Fsp3) is 0. The molecule has 20 heavy (non-hydrogen) atoms. The van der Waals surface area contributed by atoms with Crippen molar-refractivity contribution in [3.63, 3.8) is 0 Å². The third-order valence-corrected chi connectivity index (χ3v) is 3.17. The lowest BCUT2D eigenvalue weighted by Gasteiger charge is -2.00. The van der Waals surface area contributed by atoms with Crippen LogP contribution in [0, 0.1) is 0 Å². The Labute approximate surface area is 115 Å². The van der Waals surface area contributed by atoms with Crippen LogP contribution in [-0.2, 0) is 0 Å². The second-order valence-electron chi connectivity index (χ2n) is 4.46. The van der Waals surface area contributed by atoms with Crippen LogP contribution in [0.2, 0.25) is 0 Å². The maximum absolute atomic E-state index is 5.94. The van der Waals surface area contributed by atoms with Crippen molar-refractivity contribution in [2.45, 2.75) is 0 Å². The summed E-state index contributed by atoms with van der Waals surface area (Å²) in [5, 5.41) is 4.25. The number of rotatable bonds is 2. The molecule has 96 valence electrons. The highest BCUT2D eigenvalue weighted by molar-refractivity contribution is 5.83. The van der Waals surface area contributed by atoms with E-state index >= 15 is 0 Å². The van der Waals surface area contributed by atoms with E-state index in [0.29, 0.717) is 5.89 Å². The lowest BCUT2D eigenvalue weighted by atomic mass is 10.2. The van der Waals surface area contributed by atoms with Crippen molar-refractivity contribution in [2.24, 2.45) is 0 Å². The smallest absolute Gasteiger partial charge is 0.227 e. The molecule has 0 bridgehead atoms. The van der Waals surface area contributed by atoms with Crippen LogP contribution in [0.25, 0.3) is 28.2 Å². The molecule has 0 amide bonds. The van der Waals surface area contributed by atoms with Crippen LogP contribution in [-0.4, -0.2) is 14.8 Å². The van der Waals surface area contributed by atoms with Crippen LogP contribution in [0.15, 0.2) is 71.4 Å².